The molecule has 0 fully saturated rings. The van der Waals surface area contributed by atoms with Crippen molar-refractivity contribution in [1.29, 1.82) is 0 Å². The number of halogens is 3. The summed E-state index contributed by atoms with van der Waals surface area (Å²) in [6.45, 7) is 1.17. The van der Waals surface area contributed by atoms with Gasteiger partial charge in [0.25, 0.3) is 0 Å². The minimum Gasteiger partial charge on any atom is -0.298 e. The van der Waals surface area contributed by atoms with Gasteiger partial charge in [-0.3, -0.25) is 4.79 Å². The second-order valence-electron chi connectivity index (χ2n) is 2.21. The summed E-state index contributed by atoms with van der Waals surface area (Å²) in [6.07, 6.45) is -0.880. The zero-order valence-corrected chi connectivity index (χ0v) is 6.56. The van der Waals surface area contributed by atoms with E-state index in [0.717, 1.165) is 12.2 Å². The van der Waals surface area contributed by atoms with Crippen LogP contribution in [0, 0.1) is 0 Å². The molecule has 0 unspecified atom stereocenters. The average molecular weight is 178 g/mol. The highest BCUT2D eigenvalue weighted by atomic mass is 19.3. The van der Waals surface area contributed by atoms with Crippen molar-refractivity contribution in [2.24, 2.45) is 0 Å². The molecule has 0 aromatic rings. The van der Waals surface area contributed by atoms with Crippen molar-refractivity contribution in [1.82, 2.24) is 0 Å². The monoisotopic (exact) mass is 178 g/mol. The summed E-state index contributed by atoms with van der Waals surface area (Å²) < 4.78 is 35.4. The molecule has 0 aromatic carbocycles. The molecule has 0 saturated heterocycles. The fraction of sp³-hybridized carbons (Fsp3) is 0.375. The lowest BCUT2D eigenvalue weighted by Gasteiger charge is -1.95. The lowest BCUT2D eigenvalue weighted by Crippen LogP contribution is -1.94. The maximum absolute atomic E-state index is 12.0. The highest BCUT2D eigenvalue weighted by Crippen LogP contribution is 2.08. The smallest absolute Gasteiger partial charge is 0.242 e. The number of aldehydes is 1. The van der Waals surface area contributed by atoms with E-state index >= 15 is 0 Å². The van der Waals surface area contributed by atoms with E-state index in [2.05, 4.69) is 0 Å². The Labute approximate surface area is 68.6 Å². The van der Waals surface area contributed by atoms with Crippen LogP contribution in [-0.4, -0.2) is 12.7 Å². The Morgan fingerprint density at radius 2 is 2.00 bits per heavy atom. The van der Waals surface area contributed by atoms with Crippen molar-refractivity contribution in [3.05, 3.63) is 23.6 Å². The van der Waals surface area contributed by atoms with Crippen LogP contribution in [0.2, 0.25) is 0 Å². The predicted molar refractivity (Wildman–Crippen MR) is 39.6 cm³/mol. The van der Waals surface area contributed by atoms with Crippen LogP contribution in [0.1, 0.15) is 13.3 Å². The van der Waals surface area contributed by atoms with Gasteiger partial charge in [-0.25, -0.2) is 13.2 Å². The van der Waals surface area contributed by atoms with Gasteiger partial charge < -0.3 is 0 Å². The average Bonchev–Trinajstić information content (AvgIpc) is 1.97. The number of carbonyl (C=O) groups excluding carboxylic acids is 1. The second-order valence-corrected chi connectivity index (χ2v) is 2.21. The normalized spacial score (nSPS) is 13.8. The van der Waals surface area contributed by atoms with E-state index < -0.39 is 18.7 Å². The minimum atomic E-state index is -2.57. The summed E-state index contributed by atoms with van der Waals surface area (Å²) in [6, 6.07) is 0. The maximum atomic E-state index is 12.0. The molecule has 0 atom stereocenters. The minimum absolute atomic E-state index is 0.109. The fourth-order valence-electron chi connectivity index (χ4n) is 0.555. The second kappa shape index (κ2) is 5.57. The zero-order valence-electron chi connectivity index (χ0n) is 6.56. The molecule has 0 aromatic heterocycles. The topological polar surface area (TPSA) is 17.1 Å². The van der Waals surface area contributed by atoms with Crippen molar-refractivity contribution >= 4 is 6.29 Å². The number of hydrogen-bond donors (Lipinski definition) is 0. The van der Waals surface area contributed by atoms with Crippen LogP contribution in [-0.2, 0) is 4.79 Å². The van der Waals surface area contributed by atoms with E-state index in [9.17, 15) is 18.0 Å². The first-order valence-electron chi connectivity index (χ1n) is 3.32. The molecule has 0 bridgehead atoms. The molecule has 1 nitrogen and oxygen atoms in total. The van der Waals surface area contributed by atoms with Crippen molar-refractivity contribution in [3.63, 3.8) is 0 Å². The molecular formula is C8H9F3O. The van der Waals surface area contributed by atoms with E-state index in [4.69, 9.17) is 0 Å². The molecule has 0 rings (SSSR count). The van der Waals surface area contributed by atoms with E-state index in [1.807, 2.05) is 0 Å². The van der Waals surface area contributed by atoms with Gasteiger partial charge in [0.1, 0.15) is 6.29 Å². The summed E-state index contributed by atoms with van der Waals surface area (Å²) in [5, 5.41) is 0. The van der Waals surface area contributed by atoms with Crippen LogP contribution in [0.15, 0.2) is 23.6 Å². The number of hydrogen-bond acceptors (Lipinski definition) is 1. The van der Waals surface area contributed by atoms with E-state index in [0.29, 0.717) is 6.29 Å². The van der Waals surface area contributed by atoms with Crippen molar-refractivity contribution in [3.8, 4) is 0 Å². The maximum Gasteiger partial charge on any atom is 0.242 e. The largest absolute Gasteiger partial charge is 0.298 e. The van der Waals surface area contributed by atoms with Crippen molar-refractivity contribution < 1.29 is 18.0 Å². The van der Waals surface area contributed by atoms with Crippen LogP contribution in [0.25, 0.3) is 0 Å². The van der Waals surface area contributed by atoms with Gasteiger partial charge in [0.15, 0.2) is 0 Å². The molecule has 12 heavy (non-hydrogen) atoms. The summed E-state index contributed by atoms with van der Waals surface area (Å²) >= 11 is 0. The van der Waals surface area contributed by atoms with Crippen molar-refractivity contribution in [2.45, 2.75) is 19.8 Å². The summed E-state index contributed by atoms with van der Waals surface area (Å²) in [5.41, 5.74) is -0.109. The molecule has 0 heterocycles. The van der Waals surface area contributed by atoms with Gasteiger partial charge in [0.05, 0.1) is 5.83 Å². The molecule has 0 saturated carbocycles. The third kappa shape index (κ3) is 5.70. The highest BCUT2D eigenvalue weighted by molar-refractivity contribution is 5.73. The van der Waals surface area contributed by atoms with Crippen LogP contribution >= 0.6 is 0 Å². The van der Waals surface area contributed by atoms with E-state index in [1.165, 1.54) is 6.92 Å². The molecule has 0 aliphatic rings. The molecule has 0 N–H and O–H groups in total. The number of carbonyl (C=O) groups is 1. The summed E-state index contributed by atoms with van der Waals surface area (Å²) in [5.74, 6) is -0.524. The molecule has 4 heteroatoms. The fourth-order valence-corrected chi connectivity index (χ4v) is 0.555. The third-order valence-corrected chi connectivity index (χ3v) is 1.07. The van der Waals surface area contributed by atoms with Gasteiger partial charge in [-0.05, 0) is 18.6 Å². The van der Waals surface area contributed by atoms with Gasteiger partial charge in [-0.15, -0.1) is 0 Å². The van der Waals surface area contributed by atoms with Gasteiger partial charge in [0, 0.05) is 6.42 Å². The van der Waals surface area contributed by atoms with Gasteiger partial charge in [-0.1, -0.05) is 6.08 Å². The van der Waals surface area contributed by atoms with Crippen molar-refractivity contribution in [2.75, 3.05) is 0 Å². The number of rotatable bonds is 4. The molecule has 0 amide bonds. The predicted octanol–water partition coefficient (Wildman–Crippen LogP) is 2.64. The third-order valence-electron chi connectivity index (χ3n) is 1.07. The lowest BCUT2D eigenvalue weighted by atomic mass is 10.2. The number of alkyl halides is 2. The van der Waals surface area contributed by atoms with Gasteiger partial charge >= 0.3 is 0 Å². The number of allylic oxidation sites excluding steroid dienone is 4. The Morgan fingerprint density at radius 1 is 1.42 bits per heavy atom. The van der Waals surface area contributed by atoms with Crippen LogP contribution in [0.5, 0.6) is 0 Å². The van der Waals surface area contributed by atoms with Crippen LogP contribution in [0.4, 0.5) is 13.2 Å². The Morgan fingerprint density at radius 3 is 2.33 bits per heavy atom. The Balaban J connectivity index is 4.24. The first-order chi connectivity index (χ1) is 5.56. The molecular weight excluding hydrogens is 169 g/mol. The Bertz CT molecular complexity index is 202. The first-order valence-corrected chi connectivity index (χ1v) is 3.32. The molecule has 0 radical (unpaired) electrons. The first kappa shape index (κ1) is 10.9. The molecule has 0 aliphatic carbocycles. The van der Waals surface area contributed by atoms with Crippen LogP contribution < -0.4 is 0 Å². The summed E-state index contributed by atoms with van der Waals surface area (Å²) in [7, 11) is 0. The quantitative estimate of drug-likeness (QED) is 0.367. The lowest BCUT2D eigenvalue weighted by molar-refractivity contribution is -0.105. The van der Waals surface area contributed by atoms with Crippen LogP contribution in [0.3, 0.4) is 0 Å². The zero-order chi connectivity index (χ0) is 9.56. The Hall–Kier alpha value is -1.06. The molecule has 68 valence electrons. The Kier molecular flexibility index (Phi) is 5.08. The molecule has 0 aliphatic heterocycles. The van der Waals surface area contributed by atoms with E-state index in [-0.39, 0.29) is 5.57 Å². The highest BCUT2D eigenvalue weighted by Gasteiger charge is 2.05. The van der Waals surface area contributed by atoms with E-state index in [1.54, 1.807) is 0 Å². The van der Waals surface area contributed by atoms with Gasteiger partial charge in [0.2, 0.25) is 6.43 Å². The summed E-state index contributed by atoms with van der Waals surface area (Å²) in [4.78, 5) is 10.1. The van der Waals surface area contributed by atoms with Gasteiger partial charge in [-0.2, -0.15) is 0 Å². The standard InChI is InChI=1S/C8H9F3O/c1-6(9)2-3-7(5-12)4-8(10)11/h2-3,5,8H,4H2,1H3. The SMILES string of the molecule is CC(F)=CC=C(C=O)CC(F)F. The molecule has 0 spiro atoms.